The van der Waals surface area contributed by atoms with E-state index in [0.717, 1.165) is 32.2 Å². The zero-order chi connectivity index (χ0) is 13.4. The molecule has 0 unspecified atom stereocenters. The number of sulfone groups is 1. The Kier molecular flexibility index (Phi) is 3.38. The van der Waals surface area contributed by atoms with Gasteiger partial charge in [-0.2, -0.15) is 0 Å². The molecule has 0 N–H and O–H groups in total. The van der Waals surface area contributed by atoms with Crippen molar-refractivity contribution < 1.29 is 22.0 Å². The molecule has 0 fully saturated rings. The van der Waals surface area contributed by atoms with Crippen molar-refractivity contribution in [3.05, 3.63) is 35.4 Å². The van der Waals surface area contributed by atoms with Crippen LogP contribution in [0.4, 0.5) is 8.78 Å². The Morgan fingerprint density at radius 2 is 1.76 bits per heavy atom. The van der Waals surface area contributed by atoms with Crippen molar-refractivity contribution in [2.24, 2.45) is 0 Å². The Balaban J connectivity index is 3.36. The van der Waals surface area contributed by atoms with Crippen molar-refractivity contribution >= 4 is 15.6 Å². The minimum atomic E-state index is -3.72. The highest BCUT2D eigenvalue weighted by Gasteiger charge is 2.40. The molecule has 0 spiro atoms. The third-order valence-corrected chi connectivity index (χ3v) is 4.69. The number of Topliss-reactive ketones (excluding diaryl/α,β-unsaturated/α-hetero) is 1. The molecule has 0 aromatic heterocycles. The van der Waals surface area contributed by atoms with E-state index in [-0.39, 0.29) is 0 Å². The van der Waals surface area contributed by atoms with E-state index in [9.17, 15) is 22.0 Å². The molecule has 6 heteroatoms. The summed E-state index contributed by atoms with van der Waals surface area (Å²) in [6.07, 6.45) is 0.877. The summed E-state index contributed by atoms with van der Waals surface area (Å²) >= 11 is 0. The highest BCUT2D eigenvalue weighted by atomic mass is 32.2. The van der Waals surface area contributed by atoms with Gasteiger partial charge < -0.3 is 0 Å². The van der Waals surface area contributed by atoms with Crippen LogP contribution in [-0.2, 0) is 9.84 Å². The number of ketones is 1. The van der Waals surface area contributed by atoms with E-state index in [4.69, 9.17) is 0 Å². The first-order valence-corrected chi connectivity index (χ1v) is 6.66. The van der Waals surface area contributed by atoms with Gasteiger partial charge in [0, 0.05) is 6.26 Å². The molecule has 0 radical (unpaired) electrons. The molecule has 1 aromatic rings. The van der Waals surface area contributed by atoms with E-state index in [2.05, 4.69) is 0 Å². The number of benzene rings is 1. The minimum Gasteiger partial charge on any atom is -0.292 e. The summed E-state index contributed by atoms with van der Waals surface area (Å²) < 4.78 is 47.3. The van der Waals surface area contributed by atoms with Crippen LogP contribution in [0.15, 0.2) is 18.2 Å². The maximum atomic E-state index is 13.4. The van der Waals surface area contributed by atoms with Crippen LogP contribution in [0.2, 0.25) is 0 Å². The summed E-state index contributed by atoms with van der Waals surface area (Å²) in [5, 5.41) is 0. The molecule has 0 amide bonds. The second-order valence-electron chi connectivity index (χ2n) is 4.24. The van der Waals surface area contributed by atoms with E-state index in [1.165, 1.54) is 0 Å². The predicted octanol–water partition coefficient (Wildman–Crippen LogP) is 1.97. The molecule has 3 nitrogen and oxygen atoms in total. The molecule has 17 heavy (non-hydrogen) atoms. The van der Waals surface area contributed by atoms with E-state index in [1.54, 1.807) is 0 Å². The van der Waals surface area contributed by atoms with Gasteiger partial charge in [-0.15, -0.1) is 0 Å². The van der Waals surface area contributed by atoms with Crippen LogP contribution in [0.5, 0.6) is 0 Å². The molecule has 0 heterocycles. The molecular formula is C11H12F2O3S. The smallest absolute Gasteiger partial charge is 0.186 e. The van der Waals surface area contributed by atoms with E-state index in [1.807, 2.05) is 0 Å². The number of hydrogen-bond donors (Lipinski definition) is 0. The van der Waals surface area contributed by atoms with Gasteiger partial charge in [0.05, 0.1) is 5.56 Å². The lowest BCUT2D eigenvalue weighted by molar-refractivity contribution is 0.0949. The quantitative estimate of drug-likeness (QED) is 0.782. The minimum absolute atomic E-state index is 0.555. The summed E-state index contributed by atoms with van der Waals surface area (Å²) in [7, 11) is -3.72. The molecule has 0 bridgehead atoms. The molecule has 94 valence electrons. The fourth-order valence-corrected chi connectivity index (χ4v) is 1.61. The molecule has 0 aliphatic rings. The van der Waals surface area contributed by atoms with Crippen LogP contribution in [0.3, 0.4) is 0 Å². The third-order valence-electron chi connectivity index (χ3n) is 2.65. The molecular weight excluding hydrogens is 250 g/mol. The van der Waals surface area contributed by atoms with Gasteiger partial charge in [-0.05, 0) is 32.0 Å². The Bertz CT molecular complexity index is 562. The molecule has 0 saturated carbocycles. The van der Waals surface area contributed by atoms with Gasteiger partial charge in [-0.1, -0.05) is 0 Å². The standard InChI is InChI=1S/C11H12F2O3S/c1-11(2,17(3,15)16)10(14)8-6-7(12)4-5-9(8)13/h4-6H,1-3H3. The lowest BCUT2D eigenvalue weighted by Gasteiger charge is -2.21. The molecule has 1 aromatic carbocycles. The van der Waals surface area contributed by atoms with E-state index < -0.39 is 37.6 Å². The zero-order valence-corrected chi connectivity index (χ0v) is 10.4. The van der Waals surface area contributed by atoms with Crippen LogP contribution in [-0.4, -0.2) is 25.2 Å². The number of halogens is 2. The van der Waals surface area contributed by atoms with Gasteiger partial charge in [-0.25, -0.2) is 17.2 Å². The van der Waals surface area contributed by atoms with Crippen molar-refractivity contribution in [2.75, 3.05) is 6.26 Å². The van der Waals surface area contributed by atoms with Gasteiger partial charge in [0.25, 0.3) is 0 Å². The first kappa shape index (κ1) is 13.8. The van der Waals surface area contributed by atoms with Gasteiger partial charge >= 0.3 is 0 Å². The summed E-state index contributed by atoms with van der Waals surface area (Å²) in [6, 6.07) is 2.35. The summed E-state index contributed by atoms with van der Waals surface area (Å²) in [5.74, 6) is -2.69. The average Bonchev–Trinajstić information content (AvgIpc) is 2.19. The van der Waals surface area contributed by atoms with Crippen molar-refractivity contribution in [3.8, 4) is 0 Å². The first-order chi connectivity index (χ1) is 7.57. The van der Waals surface area contributed by atoms with Crippen LogP contribution in [0.1, 0.15) is 24.2 Å². The van der Waals surface area contributed by atoms with Crippen LogP contribution in [0.25, 0.3) is 0 Å². The second kappa shape index (κ2) is 4.18. The summed E-state index contributed by atoms with van der Waals surface area (Å²) in [4.78, 5) is 11.9. The van der Waals surface area contributed by atoms with Crippen molar-refractivity contribution in [1.82, 2.24) is 0 Å². The number of carbonyl (C=O) groups is 1. The Morgan fingerprint density at radius 3 is 2.24 bits per heavy atom. The fraction of sp³-hybridized carbons (Fsp3) is 0.364. The second-order valence-corrected chi connectivity index (χ2v) is 6.80. The number of hydrogen-bond acceptors (Lipinski definition) is 3. The van der Waals surface area contributed by atoms with Crippen LogP contribution >= 0.6 is 0 Å². The first-order valence-electron chi connectivity index (χ1n) is 4.77. The SMILES string of the molecule is CC(C)(C(=O)c1cc(F)ccc1F)S(C)(=O)=O. The molecule has 0 aliphatic heterocycles. The Hall–Kier alpha value is -1.30. The molecule has 0 saturated heterocycles. The predicted molar refractivity (Wildman–Crippen MR) is 59.6 cm³/mol. The lowest BCUT2D eigenvalue weighted by atomic mass is 10.00. The Labute approximate surface area is 98.4 Å². The zero-order valence-electron chi connectivity index (χ0n) is 9.62. The van der Waals surface area contributed by atoms with Gasteiger partial charge in [0.2, 0.25) is 0 Å². The van der Waals surface area contributed by atoms with Crippen molar-refractivity contribution in [2.45, 2.75) is 18.6 Å². The lowest BCUT2D eigenvalue weighted by Crippen LogP contribution is -2.40. The summed E-state index contributed by atoms with van der Waals surface area (Å²) in [6.45, 7) is 2.32. The van der Waals surface area contributed by atoms with Crippen molar-refractivity contribution in [3.63, 3.8) is 0 Å². The normalized spacial score (nSPS) is 12.5. The fourth-order valence-electron chi connectivity index (χ4n) is 1.16. The average molecular weight is 262 g/mol. The monoisotopic (exact) mass is 262 g/mol. The number of carbonyl (C=O) groups excluding carboxylic acids is 1. The largest absolute Gasteiger partial charge is 0.292 e. The highest BCUT2D eigenvalue weighted by Crippen LogP contribution is 2.23. The third kappa shape index (κ3) is 2.52. The van der Waals surface area contributed by atoms with Gasteiger partial charge in [-0.3, -0.25) is 4.79 Å². The molecule has 1 rings (SSSR count). The van der Waals surface area contributed by atoms with Crippen molar-refractivity contribution in [1.29, 1.82) is 0 Å². The summed E-state index contributed by atoms with van der Waals surface area (Å²) in [5.41, 5.74) is -0.555. The molecule has 0 atom stereocenters. The van der Waals surface area contributed by atoms with E-state index >= 15 is 0 Å². The highest BCUT2D eigenvalue weighted by molar-refractivity contribution is 7.92. The maximum Gasteiger partial charge on any atom is 0.186 e. The maximum absolute atomic E-state index is 13.4. The van der Waals surface area contributed by atoms with Crippen LogP contribution in [0, 0.1) is 11.6 Å². The van der Waals surface area contributed by atoms with Gasteiger partial charge in [0.1, 0.15) is 16.4 Å². The molecule has 0 aliphatic carbocycles. The topological polar surface area (TPSA) is 51.2 Å². The Morgan fingerprint density at radius 1 is 1.24 bits per heavy atom. The van der Waals surface area contributed by atoms with Gasteiger partial charge in [0.15, 0.2) is 15.6 Å². The number of rotatable bonds is 3. The van der Waals surface area contributed by atoms with Crippen LogP contribution < -0.4 is 0 Å². The van der Waals surface area contributed by atoms with E-state index in [0.29, 0.717) is 6.07 Å².